The van der Waals surface area contributed by atoms with Crippen LogP contribution in [0.2, 0.25) is 0 Å². The first-order valence-electron chi connectivity index (χ1n) is 8.70. The van der Waals surface area contributed by atoms with Gasteiger partial charge in [-0.2, -0.15) is 0 Å². The average molecular weight is 317 g/mol. The van der Waals surface area contributed by atoms with Gasteiger partial charge in [-0.05, 0) is 38.6 Å². The fourth-order valence-electron chi connectivity index (χ4n) is 3.99. The van der Waals surface area contributed by atoms with Crippen LogP contribution in [-0.4, -0.2) is 37.0 Å². The number of piperidine rings is 1. The highest BCUT2D eigenvalue weighted by Gasteiger charge is 2.29. The van der Waals surface area contributed by atoms with Gasteiger partial charge in [-0.15, -0.1) is 12.4 Å². The molecule has 1 aliphatic carbocycles. The Morgan fingerprint density at radius 3 is 2.33 bits per heavy atom. The minimum absolute atomic E-state index is 0. The molecule has 21 heavy (non-hydrogen) atoms. The van der Waals surface area contributed by atoms with Crippen LogP contribution >= 0.6 is 12.4 Å². The van der Waals surface area contributed by atoms with Crippen LogP contribution in [-0.2, 0) is 4.79 Å². The Morgan fingerprint density at radius 1 is 1.19 bits per heavy atom. The minimum atomic E-state index is 0. The molecule has 0 aromatic carbocycles. The van der Waals surface area contributed by atoms with Crippen molar-refractivity contribution in [3.8, 4) is 0 Å². The number of carbonyl (C=O) groups is 1. The number of nitrogens with one attached hydrogen (secondary N) is 1. The fourth-order valence-corrected chi connectivity index (χ4v) is 3.99. The first kappa shape index (κ1) is 18.8. The summed E-state index contributed by atoms with van der Waals surface area (Å²) in [6.07, 6.45) is 11.1. The second-order valence-electron chi connectivity index (χ2n) is 6.76. The zero-order valence-corrected chi connectivity index (χ0v) is 14.6. The summed E-state index contributed by atoms with van der Waals surface area (Å²) in [6, 6.07) is 0.610. The number of amides is 1. The van der Waals surface area contributed by atoms with E-state index in [-0.39, 0.29) is 12.4 Å². The molecule has 1 saturated heterocycles. The van der Waals surface area contributed by atoms with Gasteiger partial charge in [0.05, 0.1) is 0 Å². The Morgan fingerprint density at radius 2 is 1.81 bits per heavy atom. The average Bonchev–Trinajstić information content (AvgIpc) is 2.99. The number of halogens is 1. The van der Waals surface area contributed by atoms with Crippen LogP contribution in [0.15, 0.2) is 0 Å². The van der Waals surface area contributed by atoms with Crippen molar-refractivity contribution in [1.29, 1.82) is 0 Å². The molecule has 2 fully saturated rings. The predicted molar refractivity (Wildman–Crippen MR) is 90.9 cm³/mol. The topological polar surface area (TPSA) is 32.3 Å². The molecule has 0 aromatic rings. The molecule has 1 saturated carbocycles. The zero-order chi connectivity index (χ0) is 14.4. The molecule has 0 radical (unpaired) electrons. The van der Waals surface area contributed by atoms with Crippen LogP contribution in [0, 0.1) is 11.8 Å². The number of likely N-dealkylation sites (tertiary alicyclic amines) is 1. The smallest absolute Gasteiger partial charge is 0.225 e. The lowest BCUT2D eigenvalue weighted by molar-refractivity contribution is -0.137. The quantitative estimate of drug-likeness (QED) is 0.811. The van der Waals surface area contributed by atoms with E-state index < -0.39 is 0 Å². The summed E-state index contributed by atoms with van der Waals surface area (Å²) in [5.74, 6) is 1.58. The van der Waals surface area contributed by atoms with Crippen molar-refractivity contribution in [1.82, 2.24) is 10.2 Å². The maximum atomic E-state index is 12.8. The zero-order valence-electron chi connectivity index (χ0n) is 13.8. The summed E-state index contributed by atoms with van der Waals surface area (Å²) in [4.78, 5) is 14.9. The van der Waals surface area contributed by atoms with Crippen LogP contribution in [0.3, 0.4) is 0 Å². The van der Waals surface area contributed by atoms with Gasteiger partial charge in [0, 0.05) is 25.0 Å². The van der Waals surface area contributed by atoms with Crippen molar-refractivity contribution in [2.75, 3.05) is 20.1 Å². The number of nitrogens with zero attached hydrogens (tertiary/aromatic N) is 1. The molecule has 0 aromatic heterocycles. The van der Waals surface area contributed by atoms with Crippen LogP contribution in [0.5, 0.6) is 0 Å². The van der Waals surface area contributed by atoms with Crippen molar-refractivity contribution < 1.29 is 4.79 Å². The molecule has 0 spiro atoms. The first-order valence-corrected chi connectivity index (χ1v) is 8.70. The molecule has 4 heteroatoms. The van der Waals surface area contributed by atoms with Gasteiger partial charge in [-0.3, -0.25) is 4.79 Å². The minimum Gasteiger partial charge on any atom is -0.342 e. The maximum absolute atomic E-state index is 12.8. The third-order valence-electron chi connectivity index (χ3n) is 5.29. The van der Waals surface area contributed by atoms with Gasteiger partial charge in [0.1, 0.15) is 0 Å². The van der Waals surface area contributed by atoms with Crippen LogP contribution in [0.25, 0.3) is 0 Å². The van der Waals surface area contributed by atoms with Gasteiger partial charge in [-0.1, -0.05) is 39.0 Å². The highest BCUT2D eigenvalue weighted by atomic mass is 35.5. The predicted octanol–water partition coefficient (Wildman–Crippen LogP) is 3.62. The largest absolute Gasteiger partial charge is 0.342 e. The van der Waals surface area contributed by atoms with E-state index in [4.69, 9.17) is 0 Å². The molecule has 2 aliphatic rings. The Kier molecular flexibility index (Phi) is 8.65. The lowest BCUT2D eigenvalue weighted by Crippen LogP contribution is -2.46. The number of hydrogen-bond acceptors (Lipinski definition) is 2. The van der Waals surface area contributed by atoms with Gasteiger partial charge in [-0.25, -0.2) is 0 Å². The standard InChI is InChI=1S/C17H32N2O.ClH/c1-3-6-15(13-14-7-4-5-8-14)17(20)19-11-9-16(18-2)10-12-19;/h14-16,18H,3-13H2,1-2H3;1H. The van der Waals surface area contributed by atoms with Crippen LogP contribution < -0.4 is 5.32 Å². The lowest BCUT2D eigenvalue weighted by Gasteiger charge is -2.34. The monoisotopic (exact) mass is 316 g/mol. The third kappa shape index (κ3) is 5.45. The normalized spacial score (nSPS) is 22.1. The summed E-state index contributed by atoms with van der Waals surface area (Å²) in [5, 5.41) is 3.34. The Balaban J connectivity index is 0.00000220. The van der Waals surface area contributed by atoms with Crippen molar-refractivity contribution in [3.05, 3.63) is 0 Å². The van der Waals surface area contributed by atoms with Crippen LogP contribution in [0.4, 0.5) is 0 Å². The second-order valence-corrected chi connectivity index (χ2v) is 6.76. The van der Waals surface area contributed by atoms with Gasteiger partial charge in [0.25, 0.3) is 0 Å². The fraction of sp³-hybridized carbons (Fsp3) is 0.941. The van der Waals surface area contributed by atoms with E-state index in [9.17, 15) is 4.79 Å². The van der Waals surface area contributed by atoms with Crippen molar-refractivity contribution in [2.45, 2.75) is 70.8 Å². The van der Waals surface area contributed by atoms with E-state index in [2.05, 4.69) is 17.1 Å². The summed E-state index contributed by atoms with van der Waals surface area (Å²) in [7, 11) is 2.03. The van der Waals surface area contributed by atoms with Crippen LogP contribution in [0.1, 0.15) is 64.7 Å². The van der Waals surface area contributed by atoms with Crippen molar-refractivity contribution in [3.63, 3.8) is 0 Å². The number of rotatable bonds is 6. The first-order chi connectivity index (χ1) is 9.74. The Labute approximate surface area is 136 Å². The number of carbonyl (C=O) groups excluding carboxylic acids is 1. The van der Waals surface area contributed by atoms with E-state index in [1.165, 1.54) is 25.7 Å². The van der Waals surface area contributed by atoms with E-state index in [1.54, 1.807) is 0 Å². The molecular formula is C17H33ClN2O. The van der Waals surface area contributed by atoms with E-state index in [0.717, 1.165) is 51.1 Å². The highest BCUT2D eigenvalue weighted by Crippen LogP contribution is 2.32. The molecule has 1 amide bonds. The van der Waals surface area contributed by atoms with Gasteiger partial charge >= 0.3 is 0 Å². The molecule has 1 heterocycles. The summed E-state index contributed by atoms with van der Waals surface area (Å²) in [6.45, 7) is 4.12. The van der Waals surface area contributed by atoms with Gasteiger partial charge in [0.15, 0.2) is 0 Å². The Hall–Kier alpha value is -0.280. The second kappa shape index (κ2) is 9.68. The SMILES string of the molecule is CCCC(CC1CCCC1)C(=O)N1CCC(NC)CC1.Cl. The van der Waals surface area contributed by atoms with E-state index in [0.29, 0.717) is 17.9 Å². The van der Waals surface area contributed by atoms with Crippen molar-refractivity contribution >= 4 is 18.3 Å². The third-order valence-corrected chi connectivity index (χ3v) is 5.29. The molecule has 2 rings (SSSR count). The van der Waals surface area contributed by atoms with Crippen molar-refractivity contribution in [2.24, 2.45) is 11.8 Å². The lowest BCUT2D eigenvalue weighted by atomic mass is 9.88. The van der Waals surface area contributed by atoms with E-state index in [1.807, 2.05) is 7.05 Å². The van der Waals surface area contributed by atoms with Gasteiger partial charge in [0.2, 0.25) is 5.91 Å². The highest BCUT2D eigenvalue weighted by molar-refractivity contribution is 5.85. The molecule has 1 aliphatic heterocycles. The summed E-state index contributed by atoms with van der Waals surface area (Å²) < 4.78 is 0. The number of hydrogen-bond donors (Lipinski definition) is 1. The van der Waals surface area contributed by atoms with Gasteiger partial charge < -0.3 is 10.2 Å². The maximum Gasteiger partial charge on any atom is 0.225 e. The molecule has 1 N–H and O–H groups in total. The summed E-state index contributed by atoms with van der Waals surface area (Å²) in [5.41, 5.74) is 0. The van der Waals surface area contributed by atoms with E-state index >= 15 is 0 Å². The molecule has 124 valence electrons. The molecule has 1 atom stereocenters. The molecule has 3 nitrogen and oxygen atoms in total. The Bertz CT molecular complexity index is 297. The molecule has 1 unspecified atom stereocenters. The molecular weight excluding hydrogens is 284 g/mol. The summed E-state index contributed by atoms with van der Waals surface area (Å²) >= 11 is 0. The molecule has 0 bridgehead atoms.